The maximum absolute atomic E-state index is 11.4. The minimum atomic E-state index is -0.428. The lowest BCUT2D eigenvalue weighted by molar-refractivity contribution is 0.0700. The number of nitrogens with one attached hydrogen (secondary N) is 2. The first-order chi connectivity index (χ1) is 6.31. The number of para-hydroxylation sites is 1. The van der Waals surface area contributed by atoms with Crippen molar-refractivity contribution in [3.8, 4) is 5.75 Å². The Morgan fingerprint density at radius 2 is 2.23 bits per heavy atom. The van der Waals surface area contributed by atoms with Gasteiger partial charge in [-0.15, -0.1) is 0 Å². The molecule has 0 radical (unpaired) electrons. The van der Waals surface area contributed by atoms with Crippen LogP contribution >= 0.6 is 0 Å². The lowest BCUT2D eigenvalue weighted by Gasteiger charge is -2.25. The van der Waals surface area contributed by atoms with E-state index in [-0.39, 0.29) is 5.91 Å². The minimum absolute atomic E-state index is 0.110. The fourth-order valence-corrected chi connectivity index (χ4v) is 1.24. The lowest BCUT2D eigenvalue weighted by Crippen LogP contribution is -2.50. The third-order valence-electron chi connectivity index (χ3n) is 1.90. The molecule has 1 aromatic carbocycles. The minimum Gasteiger partial charge on any atom is -0.457 e. The standard InChI is InChI=1S/C9H10N2O2/c1-10-9-11-8(12)6-4-2-3-5-7(6)13-9/h2-5,9-10H,1H3,(H,11,12). The van der Waals surface area contributed by atoms with Crippen molar-refractivity contribution in [2.24, 2.45) is 0 Å². The van der Waals surface area contributed by atoms with E-state index < -0.39 is 6.35 Å². The summed E-state index contributed by atoms with van der Waals surface area (Å²) in [4.78, 5) is 11.4. The highest BCUT2D eigenvalue weighted by Crippen LogP contribution is 2.21. The second-order valence-electron chi connectivity index (χ2n) is 2.76. The summed E-state index contributed by atoms with van der Waals surface area (Å²) < 4.78 is 5.41. The summed E-state index contributed by atoms with van der Waals surface area (Å²) >= 11 is 0. The van der Waals surface area contributed by atoms with Crippen molar-refractivity contribution in [3.63, 3.8) is 0 Å². The zero-order chi connectivity index (χ0) is 9.26. The molecule has 4 heteroatoms. The molecule has 0 spiro atoms. The summed E-state index contributed by atoms with van der Waals surface area (Å²) in [6.07, 6.45) is -0.428. The third kappa shape index (κ3) is 1.36. The quantitative estimate of drug-likeness (QED) is 0.650. The number of fused-ring (bicyclic) bond motifs is 1. The van der Waals surface area contributed by atoms with Gasteiger partial charge in [0.2, 0.25) is 6.35 Å². The van der Waals surface area contributed by atoms with Crippen molar-refractivity contribution in [1.82, 2.24) is 10.6 Å². The molecule has 2 rings (SSSR count). The van der Waals surface area contributed by atoms with Gasteiger partial charge in [0.1, 0.15) is 5.75 Å². The molecule has 1 unspecified atom stereocenters. The number of hydrogen-bond donors (Lipinski definition) is 2. The number of ether oxygens (including phenoxy) is 1. The first-order valence-corrected chi connectivity index (χ1v) is 4.05. The Morgan fingerprint density at radius 3 is 3.00 bits per heavy atom. The van der Waals surface area contributed by atoms with E-state index in [0.717, 1.165) is 0 Å². The van der Waals surface area contributed by atoms with Gasteiger partial charge in [-0.2, -0.15) is 0 Å². The second-order valence-corrected chi connectivity index (χ2v) is 2.76. The Bertz CT molecular complexity index is 338. The summed E-state index contributed by atoms with van der Waals surface area (Å²) in [5.41, 5.74) is 0.578. The van der Waals surface area contributed by atoms with E-state index in [1.54, 1.807) is 19.2 Å². The van der Waals surface area contributed by atoms with E-state index >= 15 is 0 Å². The van der Waals surface area contributed by atoms with Crippen LogP contribution in [0.15, 0.2) is 24.3 Å². The Balaban J connectivity index is 2.37. The molecule has 0 fully saturated rings. The Kier molecular flexibility index (Phi) is 1.90. The number of benzene rings is 1. The predicted molar refractivity (Wildman–Crippen MR) is 47.4 cm³/mol. The van der Waals surface area contributed by atoms with Gasteiger partial charge in [0.15, 0.2) is 0 Å². The molecule has 0 aromatic heterocycles. The summed E-state index contributed by atoms with van der Waals surface area (Å²) in [6, 6.07) is 7.15. The van der Waals surface area contributed by atoms with Crippen LogP contribution < -0.4 is 15.4 Å². The molecular formula is C9H10N2O2. The molecule has 68 valence electrons. The van der Waals surface area contributed by atoms with Crippen LogP contribution in [-0.2, 0) is 0 Å². The van der Waals surface area contributed by atoms with E-state index in [2.05, 4.69) is 10.6 Å². The topological polar surface area (TPSA) is 50.4 Å². The van der Waals surface area contributed by atoms with Crippen LogP contribution in [0.2, 0.25) is 0 Å². The molecule has 1 aromatic rings. The Hall–Kier alpha value is -1.55. The second kappa shape index (κ2) is 3.06. The van der Waals surface area contributed by atoms with Crippen LogP contribution in [0, 0.1) is 0 Å². The molecule has 4 nitrogen and oxygen atoms in total. The molecule has 0 saturated carbocycles. The van der Waals surface area contributed by atoms with Crippen LogP contribution in [0.1, 0.15) is 10.4 Å². The number of amides is 1. The Labute approximate surface area is 75.9 Å². The third-order valence-corrected chi connectivity index (χ3v) is 1.90. The zero-order valence-electron chi connectivity index (χ0n) is 7.20. The number of carbonyl (C=O) groups is 1. The van der Waals surface area contributed by atoms with Gasteiger partial charge in [0, 0.05) is 0 Å². The highest BCUT2D eigenvalue weighted by molar-refractivity contribution is 5.97. The van der Waals surface area contributed by atoms with Crippen molar-refractivity contribution in [2.45, 2.75) is 6.35 Å². The number of rotatable bonds is 1. The summed E-state index contributed by atoms with van der Waals surface area (Å²) in [7, 11) is 1.72. The first-order valence-electron chi connectivity index (χ1n) is 4.05. The molecule has 1 amide bonds. The predicted octanol–water partition coefficient (Wildman–Crippen LogP) is 0.312. The highest BCUT2D eigenvalue weighted by Gasteiger charge is 2.22. The SMILES string of the molecule is CNC1NC(=O)c2ccccc2O1. The fraction of sp³-hybridized carbons (Fsp3) is 0.222. The van der Waals surface area contributed by atoms with Crippen molar-refractivity contribution in [2.75, 3.05) is 7.05 Å². The number of hydrogen-bond acceptors (Lipinski definition) is 3. The Morgan fingerprint density at radius 1 is 1.46 bits per heavy atom. The fourth-order valence-electron chi connectivity index (χ4n) is 1.24. The molecule has 0 saturated heterocycles. The molecule has 0 bridgehead atoms. The van der Waals surface area contributed by atoms with E-state index in [9.17, 15) is 4.79 Å². The van der Waals surface area contributed by atoms with Crippen LogP contribution in [0.3, 0.4) is 0 Å². The summed E-state index contributed by atoms with van der Waals surface area (Å²) in [6.45, 7) is 0. The van der Waals surface area contributed by atoms with Gasteiger partial charge < -0.3 is 10.1 Å². The monoisotopic (exact) mass is 178 g/mol. The van der Waals surface area contributed by atoms with Gasteiger partial charge >= 0.3 is 0 Å². The van der Waals surface area contributed by atoms with Gasteiger partial charge in [-0.05, 0) is 19.2 Å². The van der Waals surface area contributed by atoms with Gasteiger partial charge in [-0.1, -0.05) is 12.1 Å². The smallest absolute Gasteiger partial charge is 0.258 e. The zero-order valence-corrected chi connectivity index (χ0v) is 7.20. The normalized spacial score (nSPS) is 20.1. The molecule has 1 atom stereocenters. The first kappa shape index (κ1) is 8.07. The van der Waals surface area contributed by atoms with Gasteiger partial charge in [-0.3, -0.25) is 10.1 Å². The van der Waals surface area contributed by atoms with Crippen molar-refractivity contribution >= 4 is 5.91 Å². The maximum Gasteiger partial charge on any atom is 0.258 e. The van der Waals surface area contributed by atoms with Crippen molar-refractivity contribution in [1.29, 1.82) is 0 Å². The van der Waals surface area contributed by atoms with Crippen LogP contribution in [0.4, 0.5) is 0 Å². The van der Waals surface area contributed by atoms with Crippen LogP contribution in [0.25, 0.3) is 0 Å². The average molecular weight is 178 g/mol. The largest absolute Gasteiger partial charge is 0.457 e. The maximum atomic E-state index is 11.4. The lowest BCUT2D eigenvalue weighted by atomic mass is 10.2. The molecule has 13 heavy (non-hydrogen) atoms. The summed E-state index contributed by atoms with van der Waals surface area (Å²) in [5.74, 6) is 0.506. The highest BCUT2D eigenvalue weighted by atomic mass is 16.5. The summed E-state index contributed by atoms with van der Waals surface area (Å²) in [5, 5.41) is 5.47. The van der Waals surface area contributed by atoms with E-state index in [1.807, 2.05) is 12.1 Å². The molecular weight excluding hydrogens is 168 g/mol. The van der Waals surface area contributed by atoms with Crippen molar-refractivity contribution in [3.05, 3.63) is 29.8 Å². The van der Waals surface area contributed by atoms with Gasteiger partial charge in [-0.25, -0.2) is 0 Å². The van der Waals surface area contributed by atoms with Gasteiger partial charge in [0.25, 0.3) is 5.91 Å². The molecule has 1 aliphatic heterocycles. The van der Waals surface area contributed by atoms with E-state index in [1.165, 1.54) is 0 Å². The molecule has 0 aliphatic carbocycles. The molecule has 1 heterocycles. The van der Waals surface area contributed by atoms with Crippen LogP contribution in [-0.4, -0.2) is 19.3 Å². The van der Waals surface area contributed by atoms with E-state index in [0.29, 0.717) is 11.3 Å². The molecule has 2 N–H and O–H groups in total. The van der Waals surface area contributed by atoms with Crippen LogP contribution in [0.5, 0.6) is 5.75 Å². The molecule has 1 aliphatic rings. The number of carbonyl (C=O) groups excluding carboxylic acids is 1. The van der Waals surface area contributed by atoms with E-state index in [4.69, 9.17) is 4.74 Å². The van der Waals surface area contributed by atoms with Gasteiger partial charge in [0.05, 0.1) is 5.56 Å². The van der Waals surface area contributed by atoms with Crippen molar-refractivity contribution < 1.29 is 9.53 Å². The average Bonchev–Trinajstić information content (AvgIpc) is 2.18.